The van der Waals surface area contributed by atoms with Gasteiger partial charge in [0.05, 0.1) is 12.7 Å². The number of rotatable bonds is 2. The first kappa shape index (κ1) is 15.0. The van der Waals surface area contributed by atoms with Gasteiger partial charge in [-0.1, -0.05) is 0 Å². The van der Waals surface area contributed by atoms with Gasteiger partial charge in [-0.2, -0.15) is 0 Å². The van der Waals surface area contributed by atoms with Crippen LogP contribution in [0.5, 0.6) is 5.75 Å². The smallest absolute Gasteiger partial charge is 0.259 e. The van der Waals surface area contributed by atoms with Gasteiger partial charge in [0, 0.05) is 16.7 Å². The monoisotopic (exact) mass is 363 g/mol. The SMILES string of the molecule is COc1ccc(Br)c(C(=O)N2CCCc3cc(F)ccc32)c1. The summed E-state index contributed by atoms with van der Waals surface area (Å²) >= 11 is 3.42. The standard InChI is InChI=1S/C17H15BrFNO2/c1-22-13-5-6-15(18)14(10-13)17(21)20-8-2-3-11-9-12(19)4-7-16(11)20/h4-7,9-10H,2-3,8H2,1H3. The average Bonchev–Trinajstić information content (AvgIpc) is 2.54. The van der Waals surface area contributed by atoms with Gasteiger partial charge in [-0.25, -0.2) is 4.39 Å². The quantitative estimate of drug-likeness (QED) is 0.800. The summed E-state index contributed by atoms with van der Waals surface area (Å²) in [7, 11) is 1.57. The fraction of sp³-hybridized carbons (Fsp3) is 0.235. The van der Waals surface area contributed by atoms with Gasteiger partial charge < -0.3 is 9.64 Å². The molecule has 2 aromatic rings. The van der Waals surface area contributed by atoms with Crippen LogP contribution in [0.3, 0.4) is 0 Å². The van der Waals surface area contributed by atoms with Crippen molar-refractivity contribution in [1.82, 2.24) is 0 Å². The molecule has 0 radical (unpaired) electrons. The van der Waals surface area contributed by atoms with Crippen LogP contribution < -0.4 is 9.64 Å². The summed E-state index contributed by atoms with van der Waals surface area (Å²) in [6.07, 6.45) is 1.61. The number of halogens is 2. The zero-order valence-electron chi connectivity index (χ0n) is 12.1. The number of aryl methyl sites for hydroxylation is 1. The van der Waals surface area contributed by atoms with Crippen molar-refractivity contribution in [2.75, 3.05) is 18.6 Å². The van der Waals surface area contributed by atoms with Gasteiger partial charge in [0.15, 0.2) is 0 Å². The molecule has 2 aromatic carbocycles. The van der Waals surface area contributed by atoms with Crippen LogP contribution in [0.2, 0.25) is 0 Å². The average molecular weight is 364 g/mol. The summed E-state index contributed by atoms with van der Waals surface area (Å²) in [4.78, 5) is 14.6. The van der Waals surface area contributed by atoms with Gasteiger partial charge in [-0.3, -0.25) is 4.79 Å². The fourth-order valence-electron chi connectivity index (χ4n) is 2.72. The van der Waals surface area contributed by atoms with Crippen LogP contribution in [0.15, 0.2) is 40.9 Å². The first-order valence-electron chi connectivity index (χ1n) is 7.04. The molecule has 0 aliphatic carbocycles. The van der Waals surface area contributed by atoms with E-state index in [2.05, 4.69) is 15.9 Å². The molecular formula is C17H15BrFNO2. The number of nitrogens with zero attached hydrogens (tertiary/aromatic N) is 1. The second-order valence-electron chi connectivity index (χ2n) is 5.18. The lowest BCUT2D eigenvalue weighted by molar-refractivity contribution is 0.0984. The summed E-state index contributed by atoms with van der Waals surface area (Å²) in [6, 6.07) is 9.88. The molecule has 0 aromatic heterocycles. The lowest BCUT2D eigenvalue weighted by atomic mass is 10.0. The zero-order chi connectivity index (χ0) is 15.7. The largest absolute Gasteiger partial charge is 0.497 e. The Hall–Kier alpha value is -1.88. The third kappa shape index (κ3) is 2.73. The van der Waals surface area contributed by atoms with Crippen LogP contribution in [-0.4, -0.2) is 19.6 Å². The molecule has 114 valence electrons. The molecule has 1 amide bonds. The van der Waals surface area contributed by atoms with E-state index in [0.29, 0.717) is 22.3 Å². The molecule has 1 aliphatic heterocycles. The third-order valence-electron chi connectivity index (χ3n) is 3.81. The number of hydrogen-bond acceptors (Lipinski definition) is 2. The van der Waals surface area contributed by atoms with E-state index in [4.69, 9.17) is 4.74 Å². The van der Waals surface area contributed by atoms with Crippen molar-refractivity contribution in [3.05, 3.63) is 57.8 Å². The maximum atomic E-state index is 13.4. The van der Waals surface area contributed by atoms with Crippen molar-refractivity contribution in [2.24, 2.45) is 0 Å². The van der Waals surface area contributed by atoms with Gasteiger partial charge >= 0.3 is 0 Å². The minimum absolute atomic E-state index is 0.113. The molecule has 0 bridgehead atoms. The van der Waals surface area contributed by atoms with Crippen LogP contribution >= 0.6 is 15.9 Å². The van der Waals surface area contributed by atoms with Gasteiger partial charge in [-0.05, 0) is 70.7 Å². The summed E-state index contributed by atoms with van der Waals surface area (Å²) in [5.41, 5.74) is 2.20. The Labute approximate surface area is 136 Å². The van der Waals surface area contributed by atoms with E-state index in [9.17, 15) is 9.18 Å². The maximum absolute atomic E-state index is 13.4. The molecule has 5 heteroatoms. The van der Waals surface area contributed by atoms with Crippen molar-refractivity contribution in [2.45, 2.75) is 12.8 Å². The van der Waals surface area contributed by atoms with Crippen molar-refractivity contribution in [3.8, 4) is 5.75 Å². The molecule has 0 spiro atoms. The normalized spacial score (nSPS) is 13.7. The minimum atomic E-state index is -0.268. The Kier molecular flexibility index (Phi) is 4.16. The number of benzene rings is 2. The number of amides is 1. The summed E-state index contributed by atoms with van der Waals surface area (Å²) in [5.74, 6) is 0.247. The summed E-state index contributed by atoms with van der Waals surface area (Å²) in [5, 5.41) is 0. The number of methoxy groups -OCH3 is 1. The van der Waals surface area contributed by atoms with Crippen LogP contribution in [0, 0.1) is 5.82 Å². The van der Waals surface area contributed by atoms with E-state index in [1.807, 2.05) is 0 Å². The number of anilines is 1. The Morgan fingerprint density at radius 2 is 2.09 bits per heavy atom. The predicted molar refractivity (Wildman–Crippen MR) is 87.1 cm³/mol. The molecule has 1 heterocycles. The number of ether oxygens (including phenoxy) is 1. The van der Waals surface area contributed by atoms with E-state index in [0.717, 1.165) is 24.1 Å². The summed E-state index contributed by atoms with van der Waals surface area (Å²) < 4.78 is 19.3. The molecule has 0 N–H and O–H groups in total. The Morgan fingerprint density at radius 3 is 2.86 bits per heavy atom. The van der Waals surface area contributed by atoms with E-state index in [-0.39, 0.29) is 11.7 Å². The number of carbonyl (C=O) groups is 1. The minimum Gasteiger partial charge on any atom is -0.497 e. The molecule has 1 aliphatic rings. The van der Waals surface area contributed by atoms with Crippen LogP contribution in [-0.2, 0) is 6.42 Å². The number of hydrogen-bond donors (Lipinski definition) is 0. The van der Waals surface area contributed by atoms with Gasteiger partial charge in [0.25, 0.3) is 5.91 Å². The third-order valence-corrected chi connectivity index (χ3v) is 4.50. The lowest BCUT2D eigenvalue weighted by Crippen LogP contribution is -2.35. The van der Waals surface area contributed by atoms with Gasteiger partial charge in [-0.15, -0.1) is 0 Å². The van der Waals surface area contributed by atoms with Crippen molar-refractivity contribution < 1.29 is 13.9 Å². The van der Waals surface area contributed by atoms with E-state index < -0.39 is 0 Å². The van der Waals surface area contributed by atoms with E-state index in [1.54, 1.807) is 36.3 Å². The van der Waals surface area contributed by atoms with Gasteiger partial charge in [0.1, 0.15) is 11.6 Å². The van der Waals surface area contributed by atoms with Crippen molar-refractivity contribution in [1.29, 1.82) is 0 Å². The van der Waals surface area contributed by atoms with Crippen molar-refractivity contribution >= 4 is 27.5 Å². The highest BCUT2D eigenvalue weighted by Gasteiger charge is 2.25. The van der Waals surface area contributed by atoms with E-state index >= 15 is 0 Å². The fourth-order valence-corrected chi connectivity index (χ4v) is 3.13. The molecule has 0 fully saturated rings. The highest BCUT2D eigenvalue weighted by molar-refractivity contribution is 9.10. The molecule has 0 unspecified atom stereocenters. The lowest BCUT2D eigenvalue weighted by Gasteiger charge is -2.30. The number of fused-ring (bicyclic) bond motifs is 1. The second-order valence-corrected chi connectivity index (χ2v) is 6.03. The van der Waals surface area contributed by atoms with Gasteiger partial charge in [0.2, 0.25) is 0 Å². The molecule has 3 nitrogen and oxygen atoms in total. The van der Waals surface area contributed by atoms with Crippen LogP contribution in [0.25, 0.3) is 0 Å². The predicted octanol–water partition coefficient (Wildman–Crippen LogP) is 4.19. The first-order valence-corrected chi connectivity index (χ1v) is 7.83. The molecule has 0 saturated carbocycles. The first-order chi connectivity index (χ1) is 10.6. The highest BCUT2D eigenvalue weighted by atomic mass is 79.9. The molecular weight excluding hydrogens is 349 g/mol. The Balaban J connectivity index is 2.01. The van der Waals surface area contributed by atoms with Crippen LogP contribution in [0.4, 0.5) is 10.1 Å². The Morgan fingerprint density at radius 1 is 1.27 bits per heavy atom. The van der Waals surface area contributed by atoms with Crippen molar-refractivity contribution in [3.63, 3.8) is 0 Å². The van der Waals surface area contributed by atoms with Crippen LogP contribution in [0.1, 0.15) is 22.3 Å². The Bertz CT molecular complexity index is 733. The molecule has 3 rings (SSSR count). The second kappa shape index (κ2) is 6.08. The maximum Gasteiger partial charge on any atom is 0.259 e. The highest BCUT2D eigenvalue weighted by Crippen LogP contribution is 2.31. The summed E-state index contributed by atoms with van der Waals surface area (Å²) in [6.45, 7) is 0.626. The van der Waals surface area contributed by atoms with E-state index in [1.165, 1.54) is 12.1 Å². The molecule has 0 atom stereocenters. The molecule has 22 heavy (non-hydrogen) atoms. The number of carbonyl (C=O) groups excluding carboxylic acids is 1. The topological polar surface area (TPSA) is 29.5 Å². The molecule has 0 saturated heterocycles. The zero-order valence-corrected chi connectivity index (χ0v) is 13.7.